The van der Waals surface area contributed by atoms with Crippen molar-refractivity contribution in [1.82, 2.24) is 9.88 Å². The van der Waals surface area contributed by atoms with Crippen LogP contribution < -0.4 is 4.90 Å². The second kappa shape index (κ2) is 8.10. The Hall–Kier alpha value is -2.73. The van der Waals surface area contributed by atoms with Gasteiger partial charge in [-0.25, -0.2) is 9.37 Å². The summed E-state index contributed by atoms with van der Waals surface area (Å²) in [4.78, 5) is 21.3. The van der Waals surface area contributed by atoms with Gasteiger partial charge in [-0.05, 0) is 47.9 Å². The summed E-state index contributed by atoms with van der Waals surface area (Å²) in [6.07, 6.45) is 4.31. The van der Waals surface area contributed by atoms with E-state index in [1.165, 1.54) is 22.4 Å². The van der Waals surface area contributed by atoms with E-state index in [-0.39, 0.29) is 11.7 Å². The van der Waals surface area contributed by atoms with E-state index in [0.29, 0.717) is 13.1 Å². The molecule has 0 atom stereocenters. The Morgan fingerprint density at radius 1 is 1.14 bits per heavy atom. The first-order valence-electron chi connectivity index (χ1n) is 9.49. The van der Waals surface area contributed by atoms with E-state index in [1.807, 2.05) is 4.90 Å². The van der Waals surface area contributed by atoms with E-state index in [4.69, 9.17) is 4.98 Å². The second-order valence-corrected chi connectivity index (χ2v) is 7.86. The fourth-order valence-electron chi connectivity index (χ4n) is 3.28. The largest absolute Gasteiger partial charge is 0.345 e. The van der Waals surface area contributed by atoms with Crippen molar-refractivity contribution in [1.29, 1.82) is 0 Å². The molecule has 0 unspecified atom stereocenters. The molecule has 1 fully saturated rings. The lowest BCUT2D eigenvalue weighted by atomic mass is 10.2. The van der Waals surface area contributed by atoms with Crippen molar-refractivity contribution in [3.05, 3.63) is 65.5 Å². The van der Waals surface area contributed by atoms with Crippen molar-refractivity contribution < 1.29 is 9.18 Å². The molecule has 28 heavy (non-hydrogen) atoms. The minimum Gasteiger partial charge on any atom is -0.345 e. The molecule has 1 aromatic heterocycles. The highest BCUT2D eigenvalue weighted by Crippen LogP contribution is 2.30. The maximum atomic E-state index is 13.0. The Balaban J connectivity index is 1.37. The molecule has 2 heterocycles. The van der Waals surface area contributed by atoms with Crippen molar-refractivity contribution in [2.75, 3.05) is 31.1 Å². The number of piperazine rings is 1. The SMILES string of the molecule is CCc1ccc2nc(N3CCN(C(=O)/C=C/c4ccc(F)cc4)CC3)sc2c1. The molecule has 1 aliphatic heterocycles. The van der Waals surface area contributed by atoms with Crippen LogP contribution in [0.5, 0.6) is 0 Å². The Kier molecular flexibility index (Phi) is 5.39. The zero-order valence-corrected chi connectivity index (χ0v) is 16.6. The number of amides is 1. The number of fused-ring (bicyclic) bond motifs is 1. The highest BCUT2D eigenvalue weighted by atomic mass is 32.1. The van der Waals surface area contributed by atoms with Crippen LogP contribution in [0.25, 0.3) is 16.3 Å². The predicted octanol–water partition coefficient (Wildman–Crippen LogP) is 4.36. The van der Waals surface area contributed by atoms with E-state index in [2.05, 4.69) is 30.0 Å². The zero-order chi connectivity index (χ0) is 19.5. The van der Waals surface area contributed by atoms with Gasteiger partial charge in [-0.3, -0.25) is 4.79 Å². The third kappa shape index (κ3) is 4.07. The Morgan fingerprint density at radius 2 is 1.89 bits per heavy atom. The monoisotopic (exact) mass is 395 g/mol. The number of halogens is 1. The average Bonchev–Trinajstić information content (AvgIpc) is 3.16. The van der Waals surface area contributed by atoms with Gasteiger partial charge in [0.2, 0.25) is 5.91 Å². The molecule has 144 valence electrons. The summed E-state index contributed by atoms with van der Waals surface area (Å²) in [5.41, 5.74) is 3.18. The molecular weight excluding hydrogens is 373 g/mol. The number of aryl methyl sites for hydroxylation is 1. The minimum atomic E-state index is -0.277. The number of thiazole rings is 1. The molecule has 4 rings (SSSR count). The molecule has 0 aliphatic carbocycles. The lowest BCUT2D eigenvalue weighted by Crippen LogP contribution is -2.48. The Morgan fingerprint density at radius 3 is 2.61 bits per heavy atom. The molecular formula is C22H22FN3OS. The molecule has 1 amide bonds. The van der Waals surface area contributed by atoms with Gasteiger partial charge in [0.25, 0.3) is 0 Å². The Labute approximate surface area is 167 Å². The van der Waals surface area contributed by atoms with Gasteiger partial charge in [-0.1, -0.05) is 36.5 Å². The molecule has 0 spiro atoms. The number of anilines is 1. The number of aromatic nitrogens is 1. The van der Waals surface area contributed by atoms with Crippen LogP contribution >= 0.6 is 11.3 Å². The van der Waals surface area contributed by atoms with Crippen LogP contribution in [0, 0.1) is 5.82 Å². The molecule has 0 N–H and O–H groups in total. The van der Waals surface area contributed by atoms with Crippen molar-refractivity contribution >= 4 is 38.7 Å². The summed E-state index contributed by atoms with van der Waals surface area (Å²) in [7, 11) is 0. The van der Waals surface area contributed by atoms with Gasteiger partial charge in [0, 0.05) is 32.3 Å². The maximum absolute atomic E-state index is 13.0. The first kappa shape index (κ1) is 18.6. The quantitative estimate of drug-likeness (QED) is 0.616. The highest BCUT2D eigenvalue weighted by molar-refractivity contribution is 7.22. The number of hydrogen-bond donors (Lipinski definition) is 0. The van der Waals surface area contributed by atoms with E-state index in [9.17, 15) is 9.18 Å². The fraction of sp³-hybridized carbons (Fsp3) is 0.273. The van der Waals surface area contributed by atoms with Gasteiger partial charge in [-0.2, -0.15) is 0 Å². The average molecular weight is 396 g/mol. The maximum Gasteiger partial charge on any atom is 0.246 e. The van der Waals surface area contributed by atoms with Crippen LogP contribution in [0.1, 0.15) is 18.1 Å². The van der Waals surface area contributed by atoms with Crippen LogP contribution in [0.4, 0.5) is 9.52 Å². The van der Waals surface area contributed by atoms with Gasteiger partial charge in [0.05, 0.1) is 10.2 Å². The van der Waals surface area contributed by atoms with Crippen molar-refractivity contribution in [2.24, 2.45) is 0 Å². The van der Waals surface area contributed by atoms with E-state index in [1.54, 1.807) is 35.6 Å². The fourth-order valence-corrected chi connectivity index (χ4v) is 4.36. The zero-order valence-electron chi connectivity index (χ0n) is 15.8. The van der Waals surface area contributed by atoms with Crippen molar-refractivity contribution in [3.63, 3.8) is 0 Å². The van der Waals surface area contributed by atoms with E-state index in [0.717, 1.165) is 35.7 Å². The first-order chi connectivity index (χ1) is 13.6. The third-order valence-corrected chi connectivity index (χ3v) is 6.08. The van der Waals surface area contributed by atoms with Crippen LogP contribution in [0.2, 0.25) is 0 Å². The lowest BCUT2D eigenvalue weighted by molar-refractivity contribution is -0.126. The number of nitrogens with zero attached hydrogens (tertiary/aromatic N) is 3. The van der Waals surface area contributed by atoms with Crippen molar-refractivity contribution in [3.8, 4) is 0 Å². The molecule has 4 nitrogen and oxygen atoms in total. The number of carbonyl (C=O) groups is 1. The number of rotatable bonds is 4. The number of benzene rings is 2. The van der Waals surface area contributed by atoms with Crippen LogP contribution in [0.15, 0.2) is 48.5 Å². The van der Waals surface area contributed by atoms with Gasteiger partial charge >= 0.3 is 0 Å². The number of carbonyl (C=O) groups excluding carboxylic acids is 1. The summed E-state index contributed by atoms with van der Waals surface area (Å²) >= 11 is 1.72. The van der Waals surface area contributed by atoms with Gasteiger partial charge in [-0.15, -0.1) is 0 Å². The second-order valence-electron chi connectivity index (χ2n) is 6.85. The summed E-state index contributed by atoms with van der Waals surface area (Å²) in [6, 6.07) is 12.6. The van der Waals surface area contributed by atoms with Crippen LogP contribution in [0.3, 0.4) is 0 Å². The van der Waals surface area contributed by atoms with Crippen LogP contribution in [-0.2, 0) is 11.2 Å². The van der Waals surface area contributed by atoms with E-state index >= 15 is 0 Å². The normalized spacial score (nSPS) is 14.9. The summed E-state index contributed by atoms with van der Waals surface area (Å²) in [5.74, 6) is -0.291. The smallest absolute Gasteiger partial charge is 0.246 e. The van der Waals surface area contributed by atoms with Crippen molar-refractivity contribution in [2.45, 2.75) is 13.3 Å². The summed E-state index contributed by atoms with van der Waals surface area (Å²) in [5, 5.41) is 1.03. The molecule has 0 bridgehead atoms. The summed E-state index contributed by atoms with van der Waals surface area (Å²) < 4.78 is 14.2. The molecule has 0 radical (unpaired) electrons. The van der Waals surface area contributed by atoms with Gasteiger partial charge in [0.15, 0.2) is 5.13 Å². The standard InChI is InChI=1S/C22H22FN3OS/c1-2-16-5-9-19-20(15-16)28-22(24-19)26-13-11-25(12-14-26)21(27)10-6-17-3-7-18(23)8-4-17/h3-10,15H,2,11-14H2,1H3/b10-6+. The van der Waals surface area contributed by atoms with Gasteiger partial charge in [0.1, 0.15) is 5.82 Å². The highest BCUT2D eigenvalue weighted by Gasteiger charge is 2.22. The molecule has 6 heteroatoms. The van der Waals surface area contributed by atoms with Crippen LogP contribution in [-0.4, -0.2) is 42.0 Å². The molecule has 3 aromatic rings. The van der Waals surface area contributed by atoms with E-state index < -0.39 is 0 Å². The first-order valence-corrected chi connectivity index (χ1v) is 10.3. The molecule has 1 saturated heterocycles. The topological polar surface area (TPSA) is 36.4 Å². The third-order valence-electron chi connectivity index (χ3n) is 5.00. The molecule has 2 aromatic carbocycles. The molecule has 0 saturated carbocycles. The molecule has 1 aliphatic rings. The van der Waals surface area contributed by atoms with Gasteiger partial charge < -0.3 is 9.80 Å². The number of hydrogen-bond acceptors (Lipinski definition) is 4. The Bertz CT molecular complexity index is 1000. The predicted molar refractivity (Wildman–Crippen MR) is 113 cm³/mol. The summed E-state index contributed by atoms with van der Waals surface area (Å²) in [6.45, 7) is 5.04. The minimum absolute atomic E-state index is 0.0131. The lowest BCUT2D eigenvalue weighted by Gasteiger charge is -2.34.